The number of amides is 2. The fraction of sp³-hybridized carbons (Fsp3) is 0.769. The first-order chi connectivity index (χ1) is 8.22. The number of rotatable bonds is 6. The van der Waals surface area contributed by atoms with E-state index in [0.717, 1.165) is 32.2 Å². The lowest BCUT2D eigenvalue weighted by Gasteiger charge is -2.18. The fourth-order valence-corrected chi connectivity index (χ4v) is 1.90. The van der Waals surface area contributed by atoms with E-state index in [9.17, 15) is 9.90 Å². The number of carbonyl (C=O) groups excluding carboxylic acids is 1. The number of allylic oxidation sites excluding steroid dienone is 2. The van der Waals surface area contributed by atoms with Crippen molar-refractivity contribution in [1.29, 1.82) is 0 Å². The monoisotopic (exact) mass is 240 g/mol. The van der Waals surface area contributed by atoms with Crippen LogP contribution in [0.2, 0.25) is 0 Å². The van der Waals surface area contributed by atoms with Gasteiger partial charge in [0.2, 0.25) is 0 Å². The second-order valence-electron chi connectivity index (χ2n) is 4.64. The van der Waals surface area contributed by atoms with Crippen LogP contribution in [0.15, 0.2) is 12.2 Å². The summed E-state index contributed by atoms with van der Waals surface area (Å²) in [5, 5.41) is 15.0. The molecule has 0 aromatic carbocycles. The third kappa shape index (κ3) is 6.31. The van der Waals surface area contributed by atoms with Gasteiger partial charge in [-0.3, -0.25) is 0 Å². The molecular formula is C13H24N2O2. The lowest BCUT2D eigenvalue weighted by atomic mass is 9.94. The van der Waals surface area contributed by atoms with Crippen molar-refractivity contribution >= 4 is 6.03 Å². The summed E-state index contributed by atoms with van der Waals surface area (Å²) in [5.41, 5.74) is 0. The van der Waals surface area contributed by atoms with E-state index >= 15 is 0 Å². The van der Waals surface area contributed by atoms with Crippen LogP contribution in [0, 0.1) is 5.92 Å². The first kappa shape index (κ1) is 14.0. The Balaban J connectivity index is 2.02. The lowest BCUT2D eigenvalue weighted by Crippen LogP contribution is -2.39. The Hall–Kier alpha value is -1.03. The molecule has 0 saturated heterocycles. The van der Waals surface area contributed by atoms with Crippen molar-refractivity contribution in [2.75, 3.05) is 13.1 Å². The number of aliphatic hydroxyl groups excluding tert-OH is 1. The molecule has 0 unspecified atom stereocenters. The highest BCUT2D eigenvalue weighted by Gasteiger charge is 2.11. The molecule has 1 aliphatic rings. The molecule has 1 rings (SSSR count). The van der Waals surface area contributed by atoms with Crippen molar-refractivity contribution < 1.29 is 9.90 Å². The van der Waals surface area contributed by atoms with Gasteiger partial charge in [0.25, 0.3) is 0 Å². The number of hydrogen-bond donors (Lipinski definition) is 3. The average Bonchev–Trinajstić information content (AvgIpc) is 2.37. The van der Waals surface area contributed by atoms with Gasteiger partial charge < -0.3 is 15.7 Å². The molecule has 2 atom stereocenters. The zero-order valence-electron chi connectivity index (χ0n) is 10.6. The molecule has 0 aliphatic heterocycles. The molecule has 98 valence electrons. The second-order valence-corrected chi connectivity index (χ2v) is 4.64. The molecule has 2 amide bonds. The van der Waals surface area contributed by atoms with Crippen LogP contribution in [-0.4, -0.2) is 30.3 Å². The Morgan fingerprint density at radius 2 is 2.29 bits per heavy atom. The van der Waals surface area contributed by atoms with Crippen molar-refractivity contribution in [3.8, 4) is 0 Å². The van der Waals surface area contributed by atoms with Gasteiger partial charge in [-0.1, -0.05) is 19.1 Å². The van der Waals surface area contributed by atoms with Gasteiger partial charge in [-0.25, -0.2) is 4.79 Å². The van der Waals surface area contributed by atoms with Crippen LogP contribution in [0.3, 0.4) is 0 Å². The van der Waals surface area contributed by atoms with Gasteiger partial charge in [-0.15, -0.1) is 0 Å². The molecule has 0 heterocycles. The highest BCUT2D eigenvalue weighted by Crippen LogP contribution is 2.16. The first-order valence-corrected chi connectivity index (χ1v) is 6.57. The summed E-state index contributed by atoms with van der Waals surface area (Å²) in [6.07, 6.45) is 8.78. The van der Waals surface area contributed by atoms with Crippen molar-refractivity contribution in [2.45, 2.75) is 45.1 Å². The van der Waals surface area contributed by atoms with E-state index in [1.54, 1.807) is 0 Å². The molecule has 0 aromatic rings. The maximum absolute atomic E-state index is 11.4. The van der Waals surface area contributed by atoms with Crippen molar-refractivity contribution in [3.05, 3.63) is 12.2 Å². The van der Waals surface area contributed by atoms with E-state index < -0.39 is 0 Å². The molecule has 1 aliphatic carbocycles. The highest BCUT2D eigenvalue weighted by atomic mass is 16.3. The summed E-state index contributed by atoms with van der Waals surface area (Å²) in [4.78, 5) is 11.4. The van der Waals surface area contributed by atoms with E-state index in [1.165, 1.54) is 0 Å². The average molecular weight is 240 g/mol. The topological polar surface area (TPSA) is 61.4 Å². The van der Waals surface area contributed by atoms with Crippen LogP contribution in [-0.2, 0) is 0 Å². The number of hydrogen-bond acceptors (Lipinski definition) is 2. The Labute approximate surface area is 103 Å². The highest BCUT2D eigenvalue weighted by molar-refractivity contribution is 5.73. The predicted octanol–water partition coefficient (Wildman–Crippen LogP) is 1.80. The Bertz CT molecular complexity index is 254. The standard InChI is InChI=1S/C13H24N2O2/c1-2-12(16)8-9-14-13(17)15-10-11-6-4-3-5-7-11/h3-4,11-12,16H,2,5-10H2,1H3,(H2,14,15,17)/t11-,12+/m0/s1. The molecule has 0 bridgehead atoms. The maximum Gasteiger partial charge on any atom is 0.314 e. The van der Waals surface area contributed by atoms with Crippen LogP contribution in [0.1, 0.15) is 39.0 Å². The minimum absolute atomic E-state index is 0.122. The van der Waals surface area contributed by atoms with Crippen LogP contribution in [0.5, 0.6) is 0 Å². The maximum atomic E-state index is 11.4. The first-order valence-electron chi connectivity index (χ1n) is 6.57. The molecule has 4 nitrogen and oxygen atoms in total. The van der Waals surface area contributed by atoms with Gasteiger partial charge in [0.15, 0.2) is 0 Å². The smallest absolute Gasteiger partial charge is 0.314 e. The summed E-state index contributed by atoms with van der Waals surface area (Å²) >= 11 is 0. The van der Waals surface area contributed by atoms with E-state index in [2.05, 4.69) is 22.8 Å². The summed E-state index contributed by atoms with van der Waals surface area (Å²) < 4.78 is 0. The minimum Gasteiger partial charge on any atom is -0.393 e. The van der Waals surface area contributed by atoms with Crippen LogP contribution in [0.4, 0.5) is 4.79 Å². The van der Waals surface area contributed by atoms with Crippen molar-refractivity contribution in [3.63, 3.8) is 0 Å². The summed E-state index contributed by atoms with van der Waals surface area (Å²) in [5.74, 6) is 0.576. The van der Waals surface area contributed by atoms with E-state index in [1.807, 2.05) is 6.92 Å². The molecule has 0 fully saturated rings. The Morgan fingerprint density at radius 1 is 1.47 bits per heavy atom. The van der Waals surface area contributed by atoms with Crippen LogP contribution >= 0.6 is 0 Å². The summed E-state index contributed by atoms with van der Waals surface area (Å²) in [6.45, 7) is 3.21. The normalized spacial score (nSPS) is 20.9. The fourth-order valence-electron chi connectivity index (χ4n) is 1.90. The van der Waals surface area contributed by atoms with Crippen LogP contribution < -0.4 is 10.6 Å². The van der Waals surface area contributed by atoms with Gasteiger partial charge in [0.1, 0.15) is 0 Å². The van der Waals surface area contributed by atoms with E-state index in [-0.39, 0.29) is 12.1 Å². The molecule has 4 heteroatoms. The third-order valence-electron chi connectivity index (χ3n) is 3.16. The van der Waals surface area contributed by atoms with Gasteiger partial charge in [-0.2, -0.15) is 0 Å². The quantitative estimate of drug-likeness (QED) is 0.620. The summed E-state index contributed by atoms with van der Waals surface area (Å²) in [6, 6.07) is -0.122. The van der Waals surface area contributed by atoms with Gasteiger partial charge in [-0.05, 0) is 38.0 Å². The van der Waals surface area contributed by atoms with Crippen LogP contribution in [0.25, 0.3) is 0 Å². The zero-order chi connectivity index (χ0) is 12.5. The SMILES string of the molecule is CC[C@@H](O)CCNC(=O)NC[C@H]1CC=CCC1. The number of nitrogens with one attached hydrogen (secondary N) is 2. The number of urea groups is 1. The Kier molecular flexibility index (Phi) is 6.70. The van der Waals surface area contributed by atoms with Crippen molar-refractivity contribution in [2.24, 2.45) is 5.92 Å². The lowest BCUT2D eigenvalue weighted by molar-refractivity contribution is 0.160. The number of carbonyl (C=O) groups is 1. The summed E-state index contributed by atoms with van der Waals surface area (Å²) in [7, 11) is 0. The van der Waals surface area contributed by atoms with E-state index in [4.69, 9.17) is 0 Å². The minimum atomic E-state index is -0.307. The molecule has 17 heavy (non-hydrogen) atoms. The zero-order valence-corrected chi connectivity index (χ0v) is 10.6. The molecule has 0 aromatic heterocycles. The van der Waals surface area contributed by atoms with Gasteiger partial charge >= 0.3 is 6.03 Å². The molecule has 3 N–H and O–H groups in total. The Morgan fingerprint density at radius 3 is 2.94 bits per heavy atom. The second kappa shape index (κ2) is 8.12. The molecule has 0 radical (unpaired) electrons. The molecule has 0 saturated carbocycles. The van der Waals surface area contributed by atoms with Gasteiger partial charge in [0.05, 0.1) is 6.10 Å². The largest absolute Gasteiger partial charge is 0.393 e. The molecular weight excluding hydrogens is 216 g/mol. The van der Waals surface area contributed by atoms with Gasteiger partial charge in [0, 0.05) is 13.1 Å². The van der Waals surface area contributed by atoms with E-state index in [0.29, 0.717) is 18.9 Å². The van der Waals surface area contributed by atoms with Crippen molar-refractivity contribution in [1.82, 2.24) is 10.6 Å². The molecule has 0 spiro atoms. The predicted molar refractivity (Wildman–Crippen MR) is 68.8 cm³/mol. The number of aliphatic hydroxyl groups is 1. The third-order valence-corrected chi connectivity index (χ3v) is 3.16.